The minimum absolute atomic E-state index is 0.0180. The zero-order valence-electron chi connectivity index (χ0n) is 27.9. The lowest BCUT2D eigenvalue weighted by Gasteiger charge is -2.75. The van der Waals surface area contributed by atoms with Crippen LogP contribution in [-0.2, 0) is 16.0 Å². The predicted molar refractivity (Wildman–Crippen MR) is 170 cm³/mol. The van der Waals surface area contributed by atoms with Gasteiger partial charge in [0.05, 0.1) is 11.5 Å². The Morgan fingerprint density at radius 3 is 2.19 bits per heavy atom. The Balaban J connectivity index is 1.28. The highest BCUT2D eigenvalue weighted by Crippen LogP contribution is 2.80. The SMILES string of the molecule is CCC[C@@H]1[C@@]23CC[C@H]4[C@@](C)(CC[C@@]5(C)[C@@H]6C[C@](C)(C(=O)O)CC[C@]6(C)CC[C@]45C)[C@@H]2CC[C@]1(O)O[C@H]3Cc1ccccc1. The third-order valence-electron chi connectivity index (χ3n) is 16.4. The maximum absolute atomic E-state index is 12.5. The Morgan fingerprint density at radius 2 is 1.49 bits per heavy atom. The van der Waals surface area contributed by atoms with E-state index in [-0.39, 0.29) is 39.1 Å². The fourth-order valence-electron chi connectivity index (χ4n) is 13.9. The van der Waals surface area contributed by atoms with Crippen LogP contribution in [0, 0.1) is 56.2 Å². The fourth-order valence-corrected chi connectivity index (χ4v) is 13.9. The van der Waals surface area contributed by atoms with Gasteiger partial charge in [0.1, 0.15) is 0 Å². The third kappa shape index (κ3) is 3.84. The maximum atomic E-state index is 12.5. The number of aliphatic carboxylic acids is 1. The summed E-state index contributed by atoms with van der Waals surface area (Å²) >= 11 is 0. The molecule has 6 fully saturated rings. The number of hydrogen-bond donors (Lipinski definition) is 2. The Kier molecular flexibility index (Phi) is 6.74. The van der Waals surface area contributed by atoms with E-state index in [2.05, 4.69) is 65.0 Å². The lowest BCUT2D eigenvalue weighted by molar-refractivity contribution is -0.269. The fraction of sp³-hybridized carbons (Fsp3) is 0.821. The molecule has 7 rings (SSSR count). The van der Waals surface area contributed by atoms with E-state index in [1.807, 2.05) is 6.92 Å². The van der Waals surface area contributed by atoms with Crippen molar-refractivity contribution in [1.82, 2.24) is 0 Å². The van der Waals surface area contributed by atoms with Gasteiger partial charge in [-0.3, -0.25) is 4.79 Å². The van der Waals surface area contributed by atoms with Gasteiger partial charge < -0.3 is 14.9 Å². The second kappa shape index (κ2) is 9.57. The van der Waals surface area contributed by atoms with Crippen LogP contribution in [-0.4, -0.2) is 28.1 Å². The molecule has 2 N–H and O–H groups in total. The normalized spacial score (nSPS) is 53.7. The summed E-state index contributed by atoms with van der Waals surface area (Å²) in [5.74, 6) is 0.270. The number of hydrogen-bond acceptors (Lipinski definition) is 3. The lowest BCUT2D eigenvalue weighted by Crippen LogP contribution is -2.69. The second-order valence-corrected chi connectivity index (χ2v) is 17.9. The van der Waals surface area contributed by atoms with Crippen molar-refractivity contribution in [2.75, 3.05) is 0 Å². The summed E-state index contributed by atoms with van der Waals surface area (Å²) < 4.78 is 6.91. The van der Waals surface area contributed by atoms with E-state index in [0.29, 0.717) is 17.8 Å². The molecule has 238 valence electrons. The highest BCUT2D eigenvalue weighted by Gasteiger charge is 2.76. The second-order valence-electron chi connectivity index (χ2n) is 17.9. The van der Waals surface area contributed by atoms with Crippen LogP contribution in [0.15, 0.2) is 30.3 Å². The van der Waals surface area contributed by atoms with Gasteiger partial charge in [0.25, 0.3) is 0 Å². The Hall–Kier alpha value is -1.39. The zero-order valence-corrected chi connectivity index (χ0v) is 27.9. The molecule has 43 heavy (non-hydrogen) atoms. The lowest BCUT2D eigenvalue weighted by atomic mass is 9.29. The zero-order chi connectivity index (χ0) is 30.7. The summed E-state index contributed by atoms with van der Waals surface area (Å²) in [6.45, 7) is 14.7. The van der Waals surface area contributed by atoms with Crippen LogP contribution in [0.1, 0.15) is 131 Å². The molecule has 4 nitrogen and oxygen atoms in total. The number of carboxylic acids is 1. The van der Waals surface area contributed by atoms with Gasteiger partial charge in [0.2, 0.25) is 0 Å². The number of benzene rings is 1. The highest BCUT2D eigenvalue weighted by atomic mass is 16.6. The summed E-state index contributed by atoms with van der Waals surface area (Å²) in [6.07, 6.45) is 14.9. The molecular formula is C39H58O4. The van der Waals surface area contributed by atoms with E-state index in [0.717, 1.165) is 57.8 Å². The van der Waals surface area contributed by atoms with Crippen LogP contribution in [0.4, 0.5) is 0 Å². The topological polar surface area (TPSA) is 66.8 Å². The van der Waals surface area contributed by atoms with Gasteiger partial charge in [-0.25, -0.2) is 0 Å². The molecule has 0 unspecified atom stereocenters. The minimum Gasteiger partial charge on any atom is -0.481 e. The van der Waals surface area contributed by atoms with Crippen LogP contribution in [0.3, 0.4) is 0 Å². The van der Waals surface area contributed by atoms with Crippen LogP contribution in [0.25, 0.3) is 0 Å². The number of carboxylic acid groups (broad SMARTS) is 1. The van der Waals surface area contributed by atoms with E-state index in [1.54, 1.807) is 0 Å². The number of fused-ring (bicyclic) bond motifs is 7. The molecule has 2 bridgehead atoms. The smallest absolute Gasteiger partial charge is 0.309 e. The molecule has 5 saturated carbocycles. The summed E-state index contributed by atoms with van der Waals surface area (Å²) in [4.78, 5) is 12.5. The first-order valence-electron chi connectivity index (χ1n) is 17.9. The standard InChI is InChI=1S/C39H58O4/c1-7-11-29-38-16-14-27-35(4,28(38)15-17-39(29,42)43-31(38)24-26-12-9-8-10-13-26)21-23-37(6)30-25-34(3,32(40)41)19-18-33(30,2)20-22-36(27,37)5/h8-10,12-13,27-31,42H,7,11,14-25H2,1-6H3,(H,40,41)/t27-,28-,29+,30+,31-,33+,34+,35+,36+,37-,38+,39-/m0/s1. The molecule has 1 spiro atoms. The Morgan fingerprint density at radius 1 is 0.837 bits per heavy atom. The molecular weight excluding hydrogens is 532 g/mol. The van der Waals surface area contributed by atoms with Crippen molar-refractivity contribution in [2.24, 2.45) is 56.2 Å². The first kappa shape index (κ1) is 30.3. The molecule has 5 aliphatic carbocycles. The predicted octanol–water partition coefficient (Wildman–Crippen LogP) is 9.04. The van der Waals surface area contributed by atoms with Crippen molar-refractivity contribution in [3.8, 4) is 0 Å². The van der Waals surface area contributed by atoms with Gasteiger partial charge in [0.15, 0.2) is 5.79 Å². The van der Waals surface area contributed by atoms with E-state index in [1.165, 1.54) is 37.7 Å². The molecule has 1 heterocycles. The number of rotatable bonds is 5. The van der Waals surface area contributed by atoms with Crippen molar-refractivity contribution in [3.63, 3.8) is 0 Å². The van der Waals surface area contributed by atoms with Crippen molar-refractivity contribution >= 4 is 5.97 Å². The van der Waals surface area contributed by atoms with E-state index in [9.17, 15) is 15.0 Å². The Bertz CT molecular complexity index is 1260. The molecule has 4 heteroatoms. The number of aliphatic hydroxyl groups is 1. The molecule has 1 aromatic carbocycles. The van der Waals surface area contributed by atoms with Crippen molar-refractivity contribution in [1.29, 1.82) is 0 Å². The summed E-state index contributed by atoms with van der Waals surface area (Å²) in [5.41, 5.74) is 1.55. The summed E-state index contributed by atoms with van der Waals surface area (Å²) in [7, 11) is 0. The van der Waals surface area contributed by atoms with E-state index < -0.39 is 17.2 Å². The van der Waals surface area contributed by atoms with E-state index >= 15 is 0 Å². The molecule has 6 aliphatic rings. The molecule has 1 saturated heterocycles. The molecule has 0 radical (unpaired) electrons. The monoisotopic (exact) mass is 590 g/mol. The highest BCUT2D eigenvalue weighted by molar-refractivity contribution is 5.74. The Labute approximate surface area is 260 Å². The molecule has 0 aromatic heterocycles. The van der Waals surface area contributed by atoms with Crippen LogP contribution in [0.2, 0.25) is 0 Å². The quantitative estimate of drug-likeness (QED) is 0.359. The minimum atomic E-state index is -0.988. The van der Waals surface area contributed by atoms with E-state index in [4.69, 9.17) is 4.74 Å². The average molecular weight is 591 g/mol. The molecule has 0 amide bonds. The van der Waals surface area contributed by atoms with Crippen molar-refractivity contribution < 1.29 is 19.7 Å². The number of ether oxygens (including phenoxy) is 1. The van der Waals surface area contributed by atoms with Gasteiger partial charge in [-0.2, -0.15) is 0 Å². The van der Waals surface area contributed by atoms with Gasteiger partial charge in [-0.1, -0.05) is 71.4 Å². The molecule has 12 atom stereocenters. The maximum Gasteiger partial charge on any atom is 0.309 e. The van der Waals surface area contributed by atoms with Gasteiger partial charge in [-0.05, 0) is 129 Å². The van der Waals surface area contributed by atoms with Crippen LogP contribution < -0.4 is 0 Å². The van der Waals surface area contributed by atoms with Crippen LogP contribution in [0.5, 0.6) is 0 Å². The largest absolute Gasteiger partial charge is 0.481 e. The number of carbonyl (C=O) groups is 1. The molecule has 1 aliphatic heterocycles. The third-order valence-corrected chi connectivity index (χ3v) is 16.4. The van der Waals surface area contributed by atoms with Gasteiger partial charge in [0, 0.05) is 17.8 Å². The first-order valence-corrected chi connectivity index (χ1v) is 17.9. The van der Waals surface area contributed by atoms with Crippen molar-refractivity contribution in [2.45, 2.75) is 143 Å². The van der Waals surface area contributed by atoms with Gasteiger partial charge >= 0.3 is 5.97 Å². The first-order chi connectivity index (χ1) is 20.2. The van der Waals surface area contributed by atoms with Crippen LogP contribution >= 0.6 is 0 Å². The average Bonchev–Trinajstić information content (AvgIpc) is 3.09. The molecule has 1 aromatic rings. The van der Waals surface area contributed by atoms with Crippen molar-refractivity contribution in [3.05, 3.63) is 35.9 Å². The van der Waals surface area contributed by atoms with Gasteiger partial charge in [-0.15, -0.1) is 0 Å². The summed E-state index contributed by atoms with van der Waals surface area (Å²) in [6, 6.07) is 10.9. The summed E-state index contributed by atoms with van der Waals surface area (Å²) in [5, 5.41) is 22.5.